The lowest BCUT2D eigenvalue weighted by Gasteiger charge is -2.22. The Balaban J connectivity index is 2.54. The van der Waals surface area contributed by atoms with Gasteiger partial charge in [-0.25, -0.2) is 0 Å². The average molecular weight is 250 g/mol. The maximum atomic E-state index is 11.7. The van der Waals surface area contributed by atoms with E-state index in [-0.39, 0.29) is 12.5 Å². The van der Waals surface area contributed by atoms with E-state index < -0.39 is 0 Å². The normalized spacial score (nSPS) is 10.1. The molecule has 0 atom stereocenters. The van der Waals surface area contributed by atoms with E-state index >= 15 is 0 Å². The molecule has 0 aliphatic rings. The third kappa shape index (κ3) is 4.65. The quantitative estimate of drug-likeness (QED) is 0.459. The summed E-state index contributed by atoms with van der Waals surface area (Å²) in [7, 11) is 0. The fraction of sp³-hybridized carbons (Fsp3) is 0.500. The molecule has 1 rings (SSSR count). The molecule has 0 aliphatic heterocycles. The van der Waals surface area contributed by atoms with Gasteiger partial charge in [0.05, 0.1) is 6.61 Å². The first-order valence-electron chi connectivity index (χ1n) is 6.43. The lowest BCUT2D eigenvalue weighted by Crippen LogP contribution is -2.31. The van der Waals surface area contributed by atoms with Crippen LogP contribution in [-0.2, 0) is 9.53 Å². The molecular formula is C14H22N2O2. The fourth-order valence-corrected chi connectivity index (χ4v) is 1.64. The van der Waals surface area contributed by atoms with Gasteiger partial charge in [0.2, 0.25) is 0 Å². The molecule has 0 unspecified atom stereocenters. The van der Waals surface area contributed by atoms with Crippen molar-refractivity contribution in [2.45, 2.75) is 26.7 Å². The van der Waals surface area contributed by atoms with Crippen molar-refractivity contribution in [3.8, 4) is 0 Å². The van der Waals surface area contributed by atoms with Gasteiger partial charge in [0.25, 0.3) is 0 Å². The summed E-state index contributed by atoms with van der Waals surface area (Å²) in [6.45, 7) is 5.58. The Labute approximate surface area is 109 Å². The SMILES string of the molecule is CCCCOC(=O)CN(CC)c1cccc(N)c1. The minimum Gasteiger partial charge on any atom is -0.464 e. The predicted molar refractivity (Wildman–Crippen MR) is 74.6 cm³/mol. The molecule has 4 nitrogen and oxygen atoms in total. The summed E-state index contributed by atoms with van der Waals surface area (Å²) in [4.78, 5) is 13.6. The Kier molecular flexibility index (Phi) is 6.05. The second kappa shape index (κ2) is 7.58. The van der Waals surface area contributed by atoms with Gasteiger partial charge < -0.3 is 15.4 Å². The molecule has 0 spiro atoms. The van der Waals surface area contributed by atoms with E-state index in [1.165, 1.54) is 0 Å². The third-order valence-electron chi connectivity index (χ3n) is 2.70. The summed E-state index contributed by atoms with van der Waals surface area (Å²) in [6, 6.07) is 7.52. The van der Waals surface area contributed by atoms with Gasteiger partial charge >= 0.3 is 5.97 Å². The summed E-state index contributed by atoms with van der Waals surface area (Å²) >= 11 is 0. The van der Waals surface area contributed by atoms with Crippen LogP contribution < -0.4 is 10.6 Å². The number of anilines is 2. The average Bonchev–Trinajstić information content (AvgIpc) is 2.36. The summed E-state index contributed by atoms with van der Waals surface area (Å²) in [5, 5.41) is 0. The van der Waals surface area contributed by atoms with E-state index in [1.54, 1.807) is 0 Å². The van der Waals surface area contributed by atoms with Crippen LogP contribution in [0.25, 0.3) is 0 Å². The molecule has 100 valence electrons. The van der Waals surface area contributed by atoms with Crippen molar-refractivity contribution in [1.29, 1.82) is 0 Å². The summed E-state index contributed by atoms with van der Waals surface area (Å²) in [6.07, 6.45) is 1.94. The van der Waals surface area contributed by atoms with E-state index in [9.17, 15) is 4.79 Å². The maximum Gasteiger partial charge on any atom is 0.325 e. The fourth-order valence-electron chi connectivity index (χ4n) is 1.64. The van der Waals surface area contributed by atoms with Gasteiger partial charge in [-0.05, 0) is 31.5 Å². The van der Waals surface area contributed by atoms with E-state index in [2.05, 4.69) is 6.92 Å². The first-order valence-corrected chi connectivity index (χ1v) is 6.43. The number of nitrogens with zero attached hydrogens (tertiary/aromatic N) is 1. The molecule has 18 heavy (non-hydrogen) atoms. The summed E-state index contributed by atoms with van der Waals surface area (Å²) < 4.78 is 5.15. The van der Waals surface area contributed by atoms with Gasteiger partial charge in [0.1, 0.15) is 6.54 Å². The van der Waals surface area contributed by atoms with Gasteiger partial charge in [-0.2, -0.15) is 0 Å². The van der Waals surface area contributed by atoms with Crippen molar-refractivity contribution < 1.29 is 9.53 Å². The van der Waals surface area contributed by atoms with Crippen molar-refractivity contribution >= 4 is 17.3 Å². The molecule has 0 heterocycles. The number of unbranched alkanes of at least 4 members (excludes halogenated alkanes) is 1. The van der Waals surface area contributed by atoms with Crippen molar-refractivity contribution in [3.63, 3.8) is 0 Å². The van der Waals surface area contributed by atoms with Gasteiger partial charge in [0.15, 0.2) is 0 Å². The number of carbonyl (C=O) groups is 1. The number of nitrogens with two attached hydrogens (primary N) is 1. The number of likely N-dealkylation sites (N-methyl/N-ethyl adjacent to an activating group) is 1. The van der Waals surface area contributed by atoms with Crippen molar-refractivity contribution in [2.75, 3.05) is 30.3 Å². The Morgan fingerprint density at radius 2 is 2.17 bits per heavy atom. The standard InChI is InChI=1S/C14H22N2O2/c1-3-5-9-18-14(17)11-16(4-2)13-8-6-7-12(15)10-13/h6-8,10H,3-5,9,11,15H2,1-2H3. The van der Waals surface area contributed by atoms with E-state index in [4.69, 9.17) is 10.5 Å². The topological polar surface area (TPSA) is 55.6 Å². The van der Waals surface area contributed by atoms with Crippen LogP contribution >= 0.6 is 0 Å². The minimum atomic E-state index is -0.187. The highest BCUT2D eigenvalue weighted by Crippen LogP contribution is 2.17. The first-order chi connectivity index (χ1) is 8.67. The van der Waals surface area contributed by atoms with Crippen LogP contribution in [0.4, 0.5) is 11.4 Å². The highest BCUT2D eigenvalue weighted by molar-refractivity contribution is 5.76. The molecule has 0 bridgehead atoms. The number of esters is 1. The van der Waals surface area contributed by atoms with Gasteiger partial charge in [0, 0.05) is 17.9 Å². The van der Waals surface area contributed by atoms with Gasteiger partial charge in [-0.1, -0.05) is 19.4 Å². The van der Waals surface area contributed by atoms with E-state index in [0.29, 0.717) is 12.3 Å². The zero-order valence-electron chi connectivity index (χ0n) is 11.2. The number of rotatable bonds is 7. The van der Waals surface area contributed by atoms with Crippen LogP contribution in [0, 0.1) is 0 Å². The zero-order chi connectivity index (χ0) is 13.4. The Morgan fingerprint density at radius 3 is 2.78 bits per heavy atom. The second-order valence-corrected chi connectivity index (χ2v) is 4.18. The number of benzene rings is 1. The summed E-state index contributed by atoms with van der Waals surface area (Å²) in [5.41, 5.74) is 7.39. The smallest absolute Gasteiger partial charge is 0.325 e. The predicted octanol–water partition coefficient (Wildman–Crippen LogP) is 2.44. The van der Waals surface area contributed by atoms with Crippen LogP contribution in [0.5, 0.6) is 0 Å². The first kappa shape index (κ1) is 14.4. The van der Waals surface area contributed by atoms with E-state index in [1.807, 2.05) is 36.1 Å². The molecule has 0 aliphatic carbocycles. The molecular weight excluding hydrogens is 228 g/mol. The largest absolute Gasteiger partial charge is 0.464 e. The molecule has 1 aromatic carbocycles. The number of ether oxygens (including phenoxy) is 1. The lowest BCUT2D eigenvalue weighted by atomic mass is 10.2. The Morgan fingerprint density at radius 1 is 1.39 bits per heavy atom. The Hall–Kier alpha value is -1.71. The van der Waals surface area contributed by atoms with Crippen molar-refractivity contribution in [2.24, 2.45) is 0 Å². The van der Waals surface area contributed by atoms with E-state index in [0.717, 1.165) is 25.1 Å². The zero-order valence-corrected chi connectivity index (χ0v) is 11.2. The number of nitrogen functional groups attached to an aromatic ring is 1. The molecule has 0 amide bonds. The molecule has 0 saturated heterocycles. The molecule has 1 aromatic rings. The number of hydrogen-bond acceptors (Lipinski definition) is 4. The van der Waals surface area contributed by atoms with Gasteiger partial charge in [-0.15, -0.1) is 0 Å². The van der Waals surface area contributed by atoms with Crippen LogP contribution in [0.2, 0.25) is 0 Å². The van der Waals surface area contributed by atoms with Crippen molar-refractivity contribution in [1.82, 2.24) is 0 Å². The molecule has 0 saturated carbocycles. The highest BCUT2D eigenvalue weighted by Gasteiger charge is 2.10. The van der Waals surface area contributed by atoms with Crippen LogP contribution in [0.1, 0.15) is 26.7 Å². The van der Waals surface area contributed by atoms with Crippen LogP contribution in [-0.4, -0.2) is 25.7 Å². The minimum absolute atomic E-state index is 0.187. The number of carbonyl (C=O) groups excluding carboxylic acids is 1. The molecule has 2 N–H and O–H groups in total. The lowest BCUT2D eigenvalue weighted by molar-refractivity contribution is -0.142. The third-order valence-corrected chi connectivity index (χ3v) is 2.70. The molecule has 0 fully saturated rings. The molecule has 0 radical (unpaired) electrons. The maximum absolute atomic E-state index is 11.7. The highest BCUT2D eigenvalue weighted by atomic mass is 16.5. The number of hydrogen-bond donors (Lipinski definition) is 1. The monoisotopic (exact) mass is 250 g/mol. The van der Waals surface area contributed by atoms with Crippen LogP contribution in [0.15, 0.2) is 24.3 Å². The Bertz CT molecular complexity index is 380. The molecule has 4 heteroatoms. The molecule has 0 aromatic heterocycles. The summed E-state index contributed by atoms with van der Waals surface area (Å²) in [5.74, 6) is -0.187. The van der Waals surface area contributed by atoms with Crippen molar-refractivity contribution in [3.05, 3.63) is 24.3 Å². The van der Waals surface area contributed by atoms with Crippen LogP contribution in [0.3, 0.4) is 0 Å². The van der Waals surface area contributed by atoms with Gasteiger partial charge in [-0.3, -0.25) is 4.79 Å². The second-order valence-electron chi connectivity index (χ2n) is 4.18.